The van der Waals surface area contributed by atoms with E-state index in [1.54, 1.807) is 14.2 Å². The van der Waals surface area contributed by atoms with Crippen molar-refractivity contribution < 1.29 is 14.2 Å². The van der Waals surface area contributed by atoms with Crippen molar-refractivity contribution in [3.8, 4) is 11.5 Å². The minimum Gasteiger partial charge on any atom is -0.497 e. The summed E-state index contributed by atoms with van der Waals surface area (Å²) in [5.41, 5.74) is 0. The first kappa shape index (κ1) is 15.6. The molecule has 1 aromatic carbocycles. The summed E-state index contributed by atoms with van der Waals surface area (Å²) in [7, 11) is 3.39. The third-order valence-corrected chi connectivity index (χ3v) is 4.22. The van der Waals surface area contributed by atoms with Gasteiger partial charge in [-0.3, -0.25) is 0 Å². The quantitative estimate of drug-likeness (QED) is 0.826. The average Bonchev–Trinajstić information content (AvgIpc) is 2.43. The lowest BCUT2D eigenvalue weighted by Crippen LogP contribution is -2.61. The van der Waals surface area contributed by atoms with Gasteiger partial charge in [0, 0.05) is 19.6 Å². The van der Waals surface area contributed by atoms with Crippen LogP contribution in [0.1, 0.15) is 19.8 Å². The van der Waals surface area contributed by atoms with Crippen LogP contribution in [0.2, 0.25) is 0 Å². The Morgan fingerprint density at radius 3 is 2.75 bits per heavy atom. The number of ether oxygens (including phenoxy) is 3. The molecule has 0 amide bonds. The predicted octanol–water partition coefficient (Wildman–Crippen LogP) is 2.99. The summed E-state index contributed by atoms with van der Waals surface area (Å²) < 4.78 is 17.6. The maximum atomic E-state index is 6.03. The van der Waals surface area contributed by atoms with Crippen molar-refractivity contribution in [2.24, 2.45) is 0 Å². The number of nitrogens with one attached hydrogen (secondary N) is 1. The molecule has 3 unspecified atom stereocenters. The molecule has 0 radical (unpaired) electrons. The van der Waals surface area contributed by atoms with Gasteiger partial charge in [0.2, 0.25) is 0 Å². The molecular weight excluding hydrogens is 322 g/mol. The number of hydrogen-bond donors (Lipinski definition) is 1. The van der Waals surface area contributed by atoms with Crippen LogP contribution in [0.4, 0.5) is 0 Å². The van der Waals surface area contributed by atoms with Crippen LogP contribution in [0.5, 0.6) is 11.5 Å². The van der Waals surface area contributed by atoms with Crippen LogP contribution in [0.3, 0.4) is 0 Å². The molecule has 0 spiro atoms. The van der Waals surface area contributed by atoms with Gasteiger partial charge in [0.05, 0.1) is 11.6 Å². The molecule has 0 bridgehead atoms. The highest BCUT2D eigenvalue weighted by Crippen LogP contribution is 2.34. The van der Waals surface area contributed by atoms with Crippen LogP contribution in [0.25, 0.3) is 0 Å². The van der Waals surface area contributed by atoms with Crippen molar-refractivity contribution in [2.75, 3.05) is 20.8 Å². The van der Waals surface area contributed by atoms with Crippen LogP contribution in [-0.4, -0.2) is 39.0 Å². The standard InChI is InChI=1S/C15H22BrNO3/c1-4-7-17-12-9-14(15(12)19-3)20-13-6-5-10(18-2)8-11(13)16/h5-6,8,12,14-15,17H,4,7,9H2,1-3H3. The molecule has 0 saturated heterocycles. The van der Waals surface area contributed by atoms with Gasteiger partial charge in [-0.05, 0) is 47.1 Å². The largest absolute Gasteiger partial charge is 0.497 e. The van der Waals surface area contributed by atoms with E-state index in [0.29, 0.717) is 6.04 Å². The van der Waals surface area contributed by atoms with Crippen molar-refractivity contribution in [1.29, 1.82) is 0 Å². The number of benzene rings is 1. The number of rotatable bonds is 7. The molecule has 0 aromatic heterocycles. The highest BCUT2D eigenvalue weighted by Gasteiger charge is 2.43. The zero-order valence-electron chi connectivity index (χ0n) is 12.2. The summed E-state index contributed by atoms with van der Waals surface area (Å²) in [5.74, 6) is 1.63. The summed E-state index contributed by atoms with van der Waals surface area (Å²) in [6.45, 7) is 3.18. The van der Waals surface area contributed by atoms with E-state index in [2.05, 4.69) is 28.2 Å². The fourth-order valence-electron chi connectivity index (χ4n) is 2.41. The third kappa shape index (κ3) is 3.45. The SMILES string of the molecule is CCCNC1CC(Oc2ccc(OC)cc2Br)C1OC. The Balaban J connectivity index is 1.94. The molecule has 20 heavy (non-hydrogen) atoms. The van der Waals surface area contributed by atoms with Gasteiger partial charge in [0.1, 0.15) is 23.7 Å². The van der Waals surface area contributed by atoms with Crippen LogP contribution in [0, 0.1) is 0 Å². The first-order valence-corrected chi connectivity index (χ1v) is 7.75. The topological polar surface area (TPSA) is 39.7 Å². The van der Waals surface area contributed by atoms with Crippen LogP contribution in [-0.2, 0) is 4.74 Å². The molecule has 2 rings (SSSR count). The van der Waals surface area contributed by atoms with E-state index in [-0.39, 0.29) is 12.2 Å². The third-order valence-electron chi connectivity index (χ3n) is 3.60. The van der Waals surface area contributed by atoms with Crippen LogP contribution >= 0.6 is 15.9 Å². The second-order valence-corrected chi connectivity index (χ2v) is 5.80. The van der Waals surface area contributed by atoms with Gasteiger partial charge in [-0.1, -0.05) is 6.92 Å². The smallest absolute Gasteiger partial charge is 0.134 e. The second-order valence-electron chi connectivity index (χ2n) is 4.95. The van der Waals surface area contributed by atoms with E-state index >= 15 is 0 Å². The Morgan fingerprint density at radius 2 is 2.15 bits per heavy atom. The first-order valence-electron chi connectivity index (χ1n) is 6.96. The molecule has 0 heterocycles. The lowest BCUT2D eigenvalue weighted by molar-refractivity contribution is -0.0889. The zero-order valence-corrected chi connectivity index (χ0v) is 13.8. The molecule has 1 aliphatic rings. The molecule has 1 aliphatic carbocycles. The van der Waals surface area contributed by atoms with Gasteiger partial charge in [-0.15, -0.1) is 0 Å². The van der Waals surface area contributed by atoms with Gasteiger partial charge in [-0.2, -0.15) is 0 Å². The minimum absolute atomic E-state index is 0.0963. The van der Waals surface area contributed by atoms with Crippen molar-refractivity contribution in [3.05, 3.63) is 22.7 Å². The minimum atomic E-state index is 0.0963. The Bertz CT molecular complexity index is 441. The molecule has 112 valence electrons. The fourth-order valence-corrected chi connectivity index (χ4v) is 2.86. The molecule has 1 saturated carbocycles. The molecule has 0 aliphatic heterocycles. The molecular formula is C15H22BrNO3. The Kier molecular flexibility index (Phi) is 5.69. The Morgan fingerprint density at radius 1 is 1.35 bits per heavy atom. The van der Waals surface area contributed by atoms with Gasteiger partial charge < -0.3 is 19.5 Å². The van der Waals surface area contributed by atoms with Crippen molar-refractivity contribution in [3.63, 3.8) is 0 Å². The molecule has 1 fully saturated rings. The summed E-state index contributed by atoms with van der Waals surface area (Å²) >= 11 is 3.51. The van der Waals surface area contributed by atoms with E-state index in [0.717, 1.165) is 35.4 Å². The lowest BCUT2D eigenvalue weighted by Gasteiger charge is -2.43. The molecule has 4 nitrogen and oxygen atoms in total. The first-order chi connectivity index (χ1) is 9.69. The molecule has 1 N–H and O–H groups in total. The maximum absolute atomic E-state index is 6.03. The molecule has 1 aromatic rings. The Labute approximate surface area is 128 Å². The van der Waals surface area contributed by atoms with E-state index in [1.807, 2.05) is 18.2 Å². The zero-order chi connectivity index (χ0) is 14.5. The van der Waals surface area contributed by atoms with Gasteiger partial charge >= 0.3 is 0 Å². The number of hydrogen-bond acceptors (Lipinski definition) is 4. The summed E-state index contributed by atoms with van der Waals surface area (Å²) in [5, 5.41) is 3.48. The summed E-state index contributed by atoms with van der Waals surface area (Å²) in [4.78, 5) is 0. The maximum Gasteiger partial charge on any atom is 0.134 e. The highest BCUT2D eigenvalue weighted by atomic mass is 79.9. The highest BCUT2D eigenvalue weighted by molar-refractivity contribution is 9.10. The Hall–Kier alpha value is -0.780. The molecule has 3 atom stereocenters. The van der Waals surface area contributed by atoms with Gasteiger partial charge in [0.25, 0.3) is 0 Å². The summed E-state index contributed by atoms with van der Waals surface area (Å²) in [6, 6.07) is 6.11. The number of methoxy groups -OCH3 is 2. The van der Waals surface area contributed by atoms with Crippen LogP contribution in [0.15, 0.2) is 22.7 Å². The van der Waals surface area contributed by atoms with Gasteiger partial charge in [-0.25, -0.2) is 0 Å². The van der Waals surface area contributed by atoms with Gasteiger partial charge in [0.15, 0.2) is 0 Å². The monoisotopic (exact) mass is 343 g/mol. The van der Waals surface area contributed by atoms with Crippen molar-refractivity contribution >= 4 is 15.9 Å². The average molecular weight is 344 g/mol. The second kappa shape index (κ2) is 7.29. The number of halogens is 1. The lowest BCUT2D eigenvalue weighted by atomic mass is 9.85. The van der Waals surface area contributed by atoms with Crippen molar-refractivity contribution in [1.82, 2.24) is 5.32 Å². The fraction of sp³-hybridized carbons (Fsp3) is 0.600. The van der Waals surface area contributed by atoms with E-state index in [4.69, 9.17) is 14.2 Å². The molecule has 5 heteroatoms. The van der Waals surface area contributed by atoms with Crippen molar-refractivity contribution in [2.45, 2.75) is 38.0 Å². The van der Waals surface area contributed by atoms with Crippen LogP contribution < -0.4 is 14.8 Å². The van der Waals surface area contributed by atoms with E-state index < -0.39 is 0 Å². The van der Waals surface area contributed by atoms with E-state index in [9.17, 15) is 0 Å². The summed E-state index contributed by atoms with van der Waals surface area (Å²) in [6.07, 6.45) is 2.30. The normalized spacial score (nSPS) is 25.1. The predicted molar refractivity (Wildman–Crippen MR) is 82.6 cm³/mol. The van der Waals surface area contributed by atoms with E-state index in [1.165, 1.54) is 0 Å².